The Balaban J connectivity index is 2.80. The average molecular weight is 271 g/mol. The molecule has 102 valence electrons. The molecule has 0 aromatic heterocycles. The van der Waals surface area contributed by atoms with Gasteiger partial charge >= 0.3 is 12.1 Å². The van der Waals surface area contributed by atoms with Gasteiger partial charge in [0.25, 0.3) is 0 Å². The van der Waals surface area contributed by atoms with E-state index in [1.807, 2.05) is 0 Å². The van der Waals surface area contributed by atoms with Gasteiger partial charge in [-0.2, -0.15) is 22.0 Å². The number of rotatable bonds is 4. The predicted molar refractivity (Wildman–Crippen MR) is 53.9 cm³/mol. The lowest BCUT2D eigenvalue weighted by molar-refractivity contribution is -0.289. The highest BCUT2D eigenvalue weighted by atomic mass is 19.4. The van der Waals surface area contributed by atoms with Crippen molar-refractivity contribution < 1.29 is 31.4 Å². The summed E-state index contributed by atoms with van der Waals surface area (Å²) in [5.74, 6) is -5.00. The van der Waals surface area contributed by atoms with Gasteiger partial charge in [-0.3, -0.25) is 0 Å². The lowest BCUT2D eigenvalue weighted by Gasteiger charge is -2.20. The van der Waals surface area contributed by atoms with Crippen LogP contribution in [0.2, 0.25) is 0 Å². The quantitative estimate of drug-likeness (QED) is 0.676. The van der Waals surface area contributed by atoms with Crippen molar-refractivity contribution in [1.29, 1.82) is 0 Å². The minimum absolute atomic E-state index is 0.0613. The van der Waals surface area contributed by atoms with Gasteiger partial charge in [0, 0.05) is 6.07 Å². The van der Waals surface area contributed by atoms with Crippen LogP contribution in [0.4, 0.5) is 27.6 Å². The smallest absolute Gasteiger partial charge is 0.456 e. The highest BCUT2D eigenvalue weighted by Crippen LogP contribution is 2.36. The van der Waals surface area contributed by atoms with E-state index in [4.69, 9.17) is 10.5 Å². The molecule has 0 saturated carbocycles. The summed E-state index contributed by atoms with van der Waals surface area (Å²) in [5, 5.41) is 0. The first kappa shape index (κ1) is 14.3. The van der Waals surface area contributed by atoms with Crippen LogP contribution in [-0.2, 0) is 0 Å². The van der Waals surface area contributed by atoms with Crippen LogP contribution in [-0.4, -0.2) is 25.8 Å². The molecule has 0 radical (unpaired) electrons. The molecule has 18 heavy (non-hydrogen) atoms. The van der Waals surface area contributed by atoms with Gasteiger partial charge < -0.3 is 15.2 Å². The van der Waals surface area contributed by atoms with Crippen molar-refractivity contribution in [3.05, 3.63) is 18.2 Å². The standard InChI is InChI=1S/C10H10F5NO2/c1-17-6-2-3-7(16)8(4-6)18-5-9(11,12)10(13,14)15/h2-4H,5,16H2,1H3. The fourth-order valence-corrected chi connectivity index (χ4v) is 1.02. The summed E-state index contributed by atoms with van der Waals surface area (Å²) in [6.45, 7) is -1.84. The second-order valence-corrected chi connectivity index (χ2v) is 3.39. The molecule has 1 aromatic carbocycles. The molecule has 0 aliphatic rings. The Kier molecular flexibility index (Phi) is 3.88. The van der Waals surface area contributed by atoms with Crippen LogP contribution < -0.4 is 15.2 Å². The third-order valence-electron chi connectivity index (χ3n) is 2.04. The maximum atomic E-state index is 12.6. The summed E-state index contributed by atoms with van der Waals surface area (Å²) in [6, 6.07) is 3.83. The monoisotopic (exact) mass is 271 g/mol. The molecule has 0 saturated heterocycles. The van der Waals surface area contributed by atoms with E-state index in [1.165, 1.54) is 19.2 Å². The summed E-state index contributed by atoms with van der Waals surface area (Å²) >= 11 is 0. The van der Waals surface area contributed by atoms with Gasteiger partial charge in [0.05, 0.1) is 12.8 Å². The second kappa shape index (κ2) is 4.87. The molecule has 0 bridgehead atoms. The molecule has 0 heterocycles. The summed E-state index contributed by atoms with van der Waals surface area (Å²) < 4.78 is 70.1. The van der Waals surface area contributed by atoms with Crippen molar-refractivity contribution >= 4 is 5.69 Å². The molecular formula is C10H10F5NO2. The fraction of sp³-hybridized carbons (Fsp3) is 0.400. The van der Waals surface area contributed by atoms with Gasteiger partial charge in [-0.25, -0.2) is 0 Å². The molecular weight excluding hydrogens is 261 g/mol. The first-order chi connectivity index (χ1) is 8.17. The molecule has 1 rings (SSSR count). The number of nitrogens with two attached hydrogens (primary N) is 1. The molecule has 0 aliphatic heterocycles. The van der Waals surface area contributed by atoms with Crippen molar-refractivity contribution in [3.63, 3.8) is 0 Å². The van der Waals surface area contributed by atoms with Crippen LogP contribution in [0.25, 0.3) is 0 Å². The SMILES string of the molecule is COc1ccc(N)c(OCC(F)(F)C(F)(F)F)c1. The molecule has 0 unspecified atom stereocenters. The maximum absolute atomic E-state index is 12.6. The summed E-state index contributed by atoms with van der Waals surface area (Å²) in [6.07, 6.45) is -5.67. The Labute approximate surface area is 99.3 Å². The minimum Gasteiger partial charge on any atom is -0.497 e. The van der Waals surface area contributed by atoms with E-state index < -0.39 is 18.7 Å². The molecule has 0 fully saturated rings. The summed E-state index contributed by atoms with van der Waals surface area (Å²) in [5.41, 5.74) is 5.31. The van der Waals surface area contributed by atoms with Crippen LogP contribution in [0, 0.1) is 0 Å². The Bertz CT molecular complexity index is 419. The largest absolute Gasteiger partial charge is 0.497 e. The summed E-state index contributed by atoms with van der Waals surface area (Å²) in [7, 11) is 1.31. The van der Waals surface area contributed by atoms with Gasteiger partial charge in [-0.1, -0.05) is 0 Å². The van der Waals surface area contributed by atoms with Crippen LogP contribution in [0.3, 0.4) is 0 Å². The van der Waals surface area contributed by atoms with Gasteiger partial charge in [0.2, 0.25) is 0 Å². The van der Waals surface area contributed by atoms with Crippen LogP contribution in [0.5, 0.6) is 11.5 Å². The Morgan fingerprint density at radius 2 is 1.78 bits per heavy atom. The van der Waals surface area contributed by atoms with Crippen LogP contribution >= 0.6 is 0 Å². The minimum atomic E-state index is -5.67. The fourth-order valence-electron chi connectivity index (χ4n) is 1.02. The first-order valence-electron chi connectivity index (χ1n) is 4.68. The molecule has 2 N–H and O–H groups in total. The average Bonchev–Trinajstić information content (AvgIpc) is 2.26. The van der Waals surface area contributed by atoms with Gasteiger partial charge in [0.1, 0.15) is 11.5 Å². The van der Waals surface area contributed by atoms with E-state index in [9.17, 15) is 22.0 Å². The number of benzene rings is 1. The van der Waals surface area contributed by atoms with E-state index >= 15 is 0 Å². The number of nitrogen functional groups attached to an aromatic ring is 1. The first-order valence-corrected chi connectivity index (χ1v) is 4.68. The zero-order valence-corrected chi connectivity index (χ0v) is 9.22. The maximum Gasteiger partial charge on any atom is 0.456 e. The van der Waals surface area contributed by atoms with Crippen molar-refractivity contribution in [2.75, 3.05) is 19.5 Å². The van der Waals surface area contributed by atoms with Crippen LogP contribution in [0.1, 0.15) is 0 Å². The Morgan fingerprint density at radius 3 is 2.28 bits per heavy atom. The van der Waals surface area contributed by atoms with Crippen LogP contribution in [0.15, 0.2) is 18.2 Å². The normalized spacial score (nSPS) is 12.3. The van der Waals surface area contributed by atoms with Crippen molar-refractivity contribution in [1.82, 2.24) is 0 Å². The van der Waals surface area contributed by atoms with Crippen molar-refractivity contribution in [3.8, 4) is 11.5 Å². The van der Waals surface area contributed by atoms with Gasteiger partial charge in [0.15, 0.2) is 6.61 Å². The van der Waals surface area contributed by atoms with E-state index in [0.29, 0.717) is 0 Å². The zero-order valence-electron chi connectivity index (χ0n) is 9.22. The third-order valence-corrected chi connectivity index (χ3v) is 2.04. The summed E-state index contributed by atoms with van der Waals surface area (Å²) in [4.78, 5) is 0. The number of ether oxygens (including phenoxy) is 2. The lowest BCUT2D eigenvalue weighted by atomic mass is 10.3. The number of alkyl halides is 5. The molecule has 3 nitrogen and oxygen atoms in total. The molecule has 0 amide bonds. The number of hydrogen-bond donors (Lipinski definition) is 1. The number of anilines is 1. The number of methoxy groups -OCH3 is 1. The molecule has 8 heteroatoms. The topological polar surface area (TPSA) is 44.5 Å². The number of halogens is 5. The highest BCUT2D eigenvalue weighted by molar-refractivity contribution is 5.55. The van der Waals surface area contributed by atoms with Crippen molar-refractivity contribution in [2.24, 2.45) is 0 Å². The Morgan fingerprint density at radius 1 is 1.17 bits per heavy atom. The van der Waals surface area contributed by atoms with E-state index in [-0.39, 0.29) is 17.2 Å². The van der Waals surface area contributed by atoms with E-state index in [1.54, 1.807) is 0 Å². The zero-order chi connectivity index (χ0) is 14.0. The van der Waals surface area contributed by atoms with Gasteiger partial charge in [-0.05, 0) is 12.1 Å². The molecule has 0 aliphatic carbocycles. The lowest BCUT2D eigenvalue weighted by Crippen LogP contribution is -2.41. The number of hydrogen-bond acceptors (Lipinski definition) is 3. The van der Waals surface area contributed by atoms with Crippen molar-refractivity contribution in [2.45, 2.75) is 12.1 Å². The Hall–Kier alpha value is -1.73. The molecule has 0 atom stereocenters. The molecule has 1 aromatic rings. The van der Waals surface area contributed by atoms with E-state index in [0.717, 1.165) is 6.07 Å². The third kappa shape index (κ3) is 3.14. The van der Waals surface area contributed by atoms with E-state index in [2.05, 4.69) is 4.74 Å². The van der Waals surface area contributed by atoms with Gasteiger partial charge in [-0.15, -0.1) is 0 Å². The second-order valence-electron chi connectivity index (χ2n) is 3.39. The molecule has 0 spiro atoms. The highest BCUT2D eigenvalue weighted by Gasteiger charge is 2.58. The predicted octanol–water partition coefficient (Wildman–Crippen LogP) is 2.85.